The van der Waals surface area contributed by atoms with Crippen molar-refractivity contribution in [3.05, 3.63) is 12.2 Å². The van der Waals surface area contributed by atoms with Gasteiger partial charge in [0.05, 0.1) is 5.92 Å². The molecule has 2 fully saturated rings. The van der Waals surface area contributed by atoms with Gasteiger partial charge in [-0.15, -0.1) is 0 Å². The van der Waals surface area contributed by atoms with Gasteiger partial charge in [-0.05, 0) is 38.0 Å². The van der Waals surface area contributed by atoms with Crippen LogP contribution in [0.25, 0.3) is 0 Å². The van der Waals surface area contributed by atoms with Crippen LogP contribution in [-0.4, -0.2) is 42.9 Å². The van der Waals surface area contributed by atoms with E-state index in [0.717, 1.165) is 0 Å². The number of ether oxygens (including phenoxy) is 2. The summed E-state index contributed by atoms with van der Waals surface area (Å²) in [6.07, 6.45) is 0.984. The van der Waals surface area contributed by atoms with E-state index in [1.165, 1.54) is 6.92 Å². The Bertz CT molecular complexity index is 658. The van der Waals surface area contributed by atoms with Gasteiger partial charge >= 0.3 is 27.3 Å². The highest BCUT2D eigenvalue weighted by molar-refractivity contribution is 7.86. The van der Waals surface area contributed by atoms with Gasteiger partial charge in [0.2, 0.25) is 0 Å². The Hall–Kier alpha value is -1.55. The molecule has 0 aliphatic heterocycles. The average molecular weight is 368 g/mol. The molecule has 0 saturated heterocycles. The van der Waals surface area contributed by atoms with Crippen LogP contribution in [0.1, 0.15) is 26.2 Å². The third kappa shape index (κ3) is 3.75. The van der Waals surface area contributed by atoms with Crippen LogP contribution in [0, 0.1) is 17.8 Å². The number of halogens is 2. The molecule has 0 aromatic rings. The molecule has 0 aromatic heterocycles. The van der Waals surface area contributed by atoms with Crippen molar-refractivity contribution >= 4 is 22.1 Å². The van der Waals surface area contributed by atoms with Gasteiger partial charge in [-0.2, -0.15) is 17.2 Å². The second-order valence-electron chi connectivity index (χ2n) is 6.28. The number of hydrogen-bond donors (Lipinski definition) is 1. The van der Waals surface area contributed by atoms with E-state index in [-0.39, 0.29) is 23.5 Å². The molecule has 2 rings (SSSR count). The topological polar surface area (TPSA) is 107 Å². The first-order chi connectivity index (χ1) is 10.9. The van der Waals surface area contributed by atoms with Gasteiger partial charge in [-0.25, -0.2) is 4.79 Å². The van der Waals surface area contributed by atoms with Crippen LogP contribution < -0.4 is 0 Å². The number of fused-ring (bicyclic) bond motifs is 2. The van der Waals surface area contributed by atoms with E-state index in [0.29, 0.717) is 19.3 Å². The van der Waals surface area contributed by atoms with Crippen molar-refractivity contribution in [1.29, 1.82) is 0 Å². The molecule has 7 nitrogen and oxygen atoms in total. The lowest BCUT2D eigenvalue weighted by atomic mass is 9.87. The standard InChI is InChI=1S/C14H18F2O7S/c1-7(2)12(17)23-11-5-8-3-9(11)4-10(8)13(18)22-6-14(15,16)24(19,20)21/h8-11H,1,3-6H2,2H3,(H,19,20,21). The molecule has 0 radical (unpaired) electrons. The normalized spacial score (nSPS) is 29.3. The van der Waals surface area contributed by atoms with E-state index in [1.807, 2.05) is 0 Å². The van der Waals surface area contributed by atoms with Gasteiger partial charge in [0.1, 0.15) is 6.10 Å². The molecular weight excluding hydrogens is 350 g/mol. The van der Waals surface area contributed by atoms with Gasteiger partial charge in [0.25, 0.3) is 0 Å². The first-order valence-corrected chi connectivity index (χ1v) is 8.74. The molecule has 2 saturated carbocycles. The summed E-state index contributed by atoms with van der Waals surface area (Å²) in [6, 6.07) is 0. The van der Waals surface area contributed by atoms with Crippen molar-refractivity contribution in [2.24, 2.45) is 17.8 Å². The number of hydrogen-bond acceptors (Lipinski definition) is 6. The number of rotatable bonds is 6. The zero-order chi connectivity index (χ0) is 18.3. The van der Waals surface area contributed by atoms with Gasteiger partial charge in [0.15, 0.2) is 6.61 Å². The SMILES string of the molecule is C=C(C)C(=O)OC1CC2CC1CC2C(=O)OCC(F)(F)S(=O)(=O)O. The largest absolute Gasteiger partial charge is 0.459 e. The maximum absolute atomic E-state index is 13.1. The third-order valence-corrected chi connectivity index (χ3v) is 5.33. The summed E-state index contributed by atoms with van der Waals surface area (Å²) < 4.78 is 65.1. The van der Waals surface area contributed by atoms with Crippen LogP contribution in [0.2, 0.25) is 0 Å². The van der Waals surface area contributed by atoms with Crippen LogP contribution in [0.5, 0.6) is 0 Å². The Morgan fingerprint density at radius 1 is 1.25 bits per heavy atom. The average Bonchev–Trinajstić information content (AvgIpc) is 3.03. The quantitative estimate of drug-likeness (QED) is 0.430. The zero-order valence-corrected chi connectivity index (χ0v) is 13.7. The van der Waals surface area contributed by atoms with Crippen LogP contribution >= 0.6 is 0 Å². The Morgan fingerprint density at radius 3 is 2.33 bits per heavy atom. The van der Waals surface area contributed by atoms with E-state index < -0.39 is 39.8 Å². The van der Waals surface area contributed by atoms with E-state index in [4.69, 9.17) is 9.29 Å². The maximum Gasteiger partial charge on any atom is 0.402 e. The lowest BCUT2D eigenvalue weighted by Gasteiger charge is -2.27. The molecule has 2 aliphatic carbocycles. The molecule has 10 heteroatoms. The second kappa shape index (κ2) is 6.40. The fraction of sp³-hybridized carbons (Fsp3) is 0.714. The first-order valence-electron chi connectivity index (χ1n) is 7.30. The highest BCUT2D eigenvalue weighted by Crippen LogP contribution is 2.50. The van der Waals surface area contributed by atoms with Gasteiger partial charge in [-0.3, -0.25) is 9.35 Å². The van der Waals surface area contributed by atoms with Crippen molar-refractivity contribution in [3.8, 4) is 0 Å². The molecule has 0 spiro atoms. The highest BCUT2D eigenvalue weighted by Gasteiger charge is 2.52. The molecule has 4 atom stereocenters. The highest BCUT2D eigenvalue weighted by atomic mass is 32.2. The Kier molecular flexibility index (Phi) is 5.01. The molecule has 0 amide bonds. The molecule has 0 aromatic carbocycles. The molecule has 2 bridgehead atoms. The predicted molar refractivity (Wildman–Crippen MR) is 76.5 cm³/mol. The number of alkyl halides is 2. The number of carbonyl (C=O) groups excluding carboxylic acids is 2. The fourth-order valence-electron chi connectivity index (χ4n) is 3.23. The molecule has 136 valence electrons. The molecule has 24 heavy (non-hydrogen) atoms. The number of esters is 2. The second-order valence-corrected chi connectivity index (χ2v) is 7.83. The lowest BCUT2D eigenvalue weighted by Crippen LogP contribution is -2.37. The van der Waals surface area contributed by atoms with Crippen molar-refractivity contribution < 1.29 is 40.8 Å². The summed E-state index contributed by atoms with van der Waals surface area (Å²) >= 11 is 0. The minimum absolute atomic E-state index is 0.0714. The summed E-state index contributed by atoms with van der Waals surface area (Å²) in [6.45, 7) is 3.27. The Balaban J connectivity index is 1.88. The number of carbonyl (C=O) groups is 2. The minimum Gasteiger partial charge on any atom is -0.459 e. The molecule has 0 heterocycles. The Labute approximate surface area is 137 Å². The Morgan fingerprint density at radius 2 is 1.88 bits per heavy atom. The van der Waals surface area contributed by atoms with E-state index in [1.54, 1.807) is 0 Å². The van der Waals surface area contributed by atoms with Crippen LogP contribution in [0.15, 0.2) is 12.2 Å². The smallest absolute Gasteiger partial charge is 0.402 e. The zero-order valence-electron chi connectivity index (χ0n) is 12.9. The molecule has 4 unspecified atom stereocenters. The fourth-order valence-corrected chi connectivity index (χ4v) is 3.44. The van der Waals surface area contributed by atoms with Crippen LogP contribution in [0.4, 0.5) is 8.78 Å². The van der Waals surface area contributed by atoms with Crippen molar-refractivity contribution in [3.63, 3.8) is 0 Å². The summed E-state index contributed by atoms with van der Waals surface area (Å²) in [5.41, 5.74) is 0.265. The van der Waals surface area contributed by atoms with Crippen molar-refractivity contribution in [2.75, 3.05) is 6.61 Å². The van der Waals surface area contributed by atoms with Gasteiger partial charge in [-0.1, -0.05) is 6.58 Å². The molecule has 1 N–H and O–H groups in total. The van der Waals surface area contributed by atoms with Crippen LogP contribution in [0.3, 0.4) is 0 Å². The minimum atomic E-state index is -5.64. The maximum atomic E-state index is 13.1. The summed E-state index contributed by atoms with van der Waals surface area (Å²) in [5, 5.41) is -4.54. The summed E-state index contributed by atoms with van der Waals surface area (Å²) in [5.74, 6) is -2.34. The first kappa shape index (κ1) is 18.8. The van der Waals surface area contributed by atoms with Gasteiger partial charge in [0, 0.05) is 5.57 Å². The lowest BCUT2D eigenvalue weighted by molar-refractivity contribution is -0.158. The summed E-state index contributed by atoms with van der Waals surface area (Å²) in [7, 11) is -5.64. The monoisotopic (exact) mass is 368 g/mol. The van der Waals surface area contributed by atoms with E-state index >= 15 is 0 Å². The predicted octanol–water partition coefficient (Wildman–Crippen LogP) is 1.54. The third-order valence-electron chi connectivity index (χ3n) is 4.46. The summed E-state index contributed by atoms with van der Waals surface area (Å²) in [4.78, 5) is 23.4. The van der Waals surface area contributed by atoms with E-state index in [9.17, 15) is 26.8 Å². The molecule has 2 aliphatic rings. The van der Waals surface area contributed by atoms with Gasteiger partial charge < -0.3 is 9.47 Å². The van der Waals surface area contributed by atoms with Crippen molar-refractivity contribution in [2.45, 2.75) is 37.5 Å². The van der Waals surface area contributed by atoms with E-state index in [2.05, 4.69) is 11.3 Å². The van der Waals surface area contributed by atoms with Crippen LogP contribution in [-0.2, 0) is 29.2 Å². The molecular formula is C14H18F2O7S. The van der Waals surface area contributed by atoms with Crippen molar-refractivity contribution in [1.82, 2.24) is 0 Å².